The van der Waals surface area contributed by atoms with Crippen molar-refractivity contribution in [3.8, 4) is 0 Å². The lowest BCUT2D eigenvalue weighted by Gasteiger charge is -2.16. The molecule has 1 saturated carbocycles. The topological polar surface area (TPSA) is 12.0 Å². The minimum absolute atomic E-state index is 0.662. The van der Waals surface area contributed by atoms with Crippen molar-refractivity contribution in [1.82, 2.24) is 5.32 Å². The van der Waals surface area contributed by atoms with Gasteiger partial charge in [-0.25, -0.2) is 0 Å². The van der Waals surface area contributed by atoms with E-state index in [4.69, 9.17) is 0 Å². The lowest BCUT2D eigenvalue weighted by Crippen LogP contribution is -2.28. The van der Waals surface area contributed by atoms with Crippen LogP contribution in [0.25, 0.3) is 0 Å². The summed E-state index contributed by atoms with van der Waals surface area (Å²) < 4.78 is 0. The molecule has 0 saturated heterocycles. The maximum absolute atomic E-state index is 3.46. The summed E-state index contributed by atoms with van der Waals surface area (Å²) in [5, 5.41) is 3.46. The van der Waals surface area contributed by atoms with Gasteiger partial charge in [-0.15, -0.1) is 0 Å². The Hall–Kier alpha value is -0.820. The molecule has 1 nitrogen and oxygen atoms in total. The zero-order chi connectivity index (χ0) is 11.5. The quantitative estimate of drug-likeness (QED) is 0.798. The van der Waals surface area contributed by atoms with Gasteiger partial charge in [-0.05, 0) is 56.3 Å². The van der Waals surface area contributed by atoms with Crippen molar-refractivity contribution in [2.75, 3.05) is 7.05 Å². The van der Waals surface area contributed by atoms with Crippen LogP contribution in [0.5, 0.6) is 0 Å². The minimum Gasteiger partial charge on any atom is -0.317 e. The molecule has 16 heavy (non-hydrogen) atoms. The second-order valence-corrected chi connectivity index (χ2v) is 5.29. The van der Waals surface area contributed by atoms with Gasteiger partial charge in [0.2, 0.25) is 0 Å². The number of hydrogen-bond donors (Lipinski definition) is 1. The van der Waals surface area contributed by atoms with Crippen LogP contribution in [0.2, 0.25) is 0 Å². The summed E-state index contributed by atoms with van der Waals surface area (Å²) in [4.78, 5) is 0. The first kappa shape index (κ1) is 11.7. The van der Waals surface area contributed by atoms with E-state index in [0.29, 0.717) is 6.04 Å². The van der Waals surface area contributed by atoms with Gasteiger partial charge >= 0.3 is 0 Å². The molecule has 1 atom stereocenters. The lowest BCUT2D eigenvalue weighted by molar-refractivity contribution is 0.490. The Morgan fingerprint density at radius 1 is 1.25 bits per heavy atom. The molecule has 0 aromatic heterocycles. The van der Waals surface area contributed by atoms with Crippen molar-refractivity contribution < 1.29 is 0 Å². The van der Waals surface area contributed by atoms with Gasteiger partial charge in [-0.1, -0.05) is 31.0 Å². The fraction of sp³-hybridized carbons (Fsp3) is 0.600. The number of likely N-dealkylation sites (N-methyl/N-ethyl adjacent to an activating group) is 1. The van der Waals surface area contributed by atoms with Crippen molar-refractivity contribution in [3.05, 3.63) is 34.9 Å². The highest BCUT2D eigenvalue weighted by atomic mass is 14.9. The van der Waals surface area contributed by atoms with E-state index < -0.39 is 0 Å². The molecule has 1 aliphatic rings. The number of rotatable bonds is 5. The Morgan fingerprint density at radius 3 is 2.56 bits per heavy atom. The summed E-state index contributed by atoms with van der Waals surface area (Å²) in [7, 11) is 2.09. The summed E-state index contributed by atoms with van der Waals surface area (Å²) >= 11 is 0. The molecule has 1 aromatic carbocycles. The molecule has 1 aliphatic carbocycles. The van der Waals surface area contributed by atoms with E-state index >= 15 is 0 Å². The molecule has 1 fully saturated rings. The van der Waals surface area contributed by atoms with Crippen LogP contribution >= 0.6 is 0 Å². The van der Waals surface area contributed by atoms with Gasteiger partial charge in [0, 0.05) is 6.04 Å². The standard InChI is InChI=1S/C15H23N/c1-11-4-5-14(8-12(11)2)10-15(16-3)9-13-6-7-13/h4-5,8,13,15-16H,6-7,9-10H2,1-3H3. The largest absolute Gasteiger partial charge is 0.317 e. The van der Waals surface area contributed by atoms with Crippen LogP contribution in [0.15, 0.2) is 18.2 Å². The van der Waals surface area contributed by atoms with Gasteiger partial charge in [0.05, 0.1) is 0 Å². The van der Waals surface area contributed by atoms with Crippen LogP contribution in [-0.4, -0.2) is 13.1 Å². The Bertz CT molecular complexity index is 352. The summed E-state index contributed by atoms with van der Waals surface area (Å²) in [5.74, 6) is 1.00. The predicted octanol–water partition coefficient (Wildman–Crippen LogP) is 3.23. The highest BCUT2D eigenvalue weighted by Gasteiger charge is 2.24. The van der Waals surface area contributed by atoms with E-state index in [1.54, 1.807) is 0 Å². The molecular weight excluding hydrogens is 194 g/mol. The van der Waals surface area contributed by atoms with E-state index in [-0.39, 0.29) is 0 Å². The van der Waals surface area contributed by atoms with E-state index in [9.17, 15) is 0 Å². The third-order valence-electron chi connectivity index (χ3n) is 3.78. The van der Waals surface area contributed by atoms with Gasteiger partial charge in [0.25, 0.3) is 0 Å². The molecule has 0 heterocycles. The van der Waals surface area contributed by atoms with Crippen LogP contribution in [0.4, 0.5) is 0 Å². The van der Waals surface area contributed by atoms with Crippen LogP contribution < -0.4 is 5.32 Å². The number of aryl methyl sites for hydroxylation is 2. The zero-order valence-electron chi connectivity index (χ0n) is 10.7. The molecule has 0 radical (unpaired) electrons. The van der Waals surface area contributed by atoms with Gasteiger partial charge in [0.15, 0.2) is 0 Å². The van der Waals surface area contributed by atoms with E-state index in [1.165, 1.54) is 42.4 Å². The maximum atomic E-state index is 3.46. The Morgan fingerprint density at radius 2 is 2.00 bits per heavy atom. The van der Waals surface area contributed by atoms with Crippen LogP contribution in [0.1, 0.15) is 36.0 Å². The summed E-state index contributed by atoms with van der Waals surface area (Å²) in [6, 6.07) is 7.52. The van der Waals surface area contributed by atoms with Crippen molar-refractivity contribution in [2.45, 2.75) is 45.6 Å². The molecule has 2 rings (SSSR count). The van der Waals surface area contributed by atoms with Crippen molar-refractivity contribution in [1.29, 1.82) is 0 Å². The average molecular weight is 217 g/mol. The highest BCUT2D eigenvalue weighted by Crippen LogP contribution is 2.34. The van der Waals surface area contributed by atoms with Crippen molar-refractivity contribution in [2.24, 2.45) is 5.92 Å². The predicted molar refractivity (Wildman–Crippen MR) is 69.8 cm³/mol. The highest BCUT2D eigenvalue weighted by molar-refractivity contribution is 5.30. The molecule has 0 amide bonds. The van der Waals surface area contributed by atoms with E-state index in [2.05, 4.69) is 44.4 Å². The molecule has 88 valence electrons. The second kappa shape index (κ2) is 5.01. The maximum Gasteiger partial charge on any atom is 0.0107 e. The molecule has 0 spiro atoms. The first-order valence-electron chi connectivity index (χ1n) is 6.42. The fourth-order valence-electron chi connectivity index (χ4n) is 2.27. The van der Waals surface area contributed by atoms with Crippen LogP contribution in [0.3, 0.4) is 0 Å². The van der Waals surface area contributed by atoms with Crippen molar-refractivity contribution in [3.63, 3.8) is 0 Å². The third kappa shape index (κ3) is 3.08. The second-order valence-electron chi connectivity index (χ2n) is 5.29. The number of benzene rings is 1. The third-order valence-corrected chi connectivity index (χ3v) is 3.78. The Balaban J connectivity index is 1.97. The van der Waals surface area contributed by atoms with Gasteiger partial charge in [0.1, 0.15) is 0 Å². The smallest absolute Gasteiger partial charge is 0.0107 e. The monoisotopic (exact) mass is 217 g/mol. The number of nitrogens with one attached hydrogen (secondary N) is 1. The first-order valence-corrected chi connectivity index (χ1v) is 6.42. The lowest BCUT2D eigenvalue weighted by atomic mass is 9.98. The fourth-order valence-corrected chi connectivity index (χ4v) is 2.27. The van der Waals surface area contributed by atoms with Crippen molar-refractivity contribution >= 4 is 0 Å². The van der Waals surface area contributed by atoms with E-state index in [0.717, 1.165) is 5.92 Å². The molecular formula is C15H23N. The van der Waals surface area contributed by atoms with Gasteiger partial charge in [-0.3, -0.25) is 0 Å². The summed E-state index contributed by atoms with van der Waals surface area (Å²) in [6.45, 7) is 4.38. The SMILES string of the molecule is CNC(Cc1ccc(C)c(C)c1)CC1CC1. The summed E-state index contributed by atoms with van der Waals surface area (Å²) in [6.07, 6.45) is 5.42. The molecule has 0 bridgehead atoms. The summed E-state index contributed by atoms with van der Waals surface area (Å²) in [5.41, 5.74) is 4.29. The zero-order valence-corrected chi connectivity index (χ0v) is 10.7. The van der Waals surface area contributed by atoms with Crippen LogP contribution in [-0.2, 0) is 6.42 Å². The molecule has 1 heteroatoms. The normalized spacial score (nSPS) is 17.4. The Labute approximate surface area is 99.3 Å². The minimum atomic E-state index is 0.662. The van der Waals surface area contributed by atoms with Gasteiger partial charge < -0.3 is 5.32 Å². The molecule has 1 N–H and O–H groups in total. The average Bonchev–Trinajstić information content (AvgIpc) is 3.06. The van der Waals surface area contributed by atoms with Crippen LogP contribution in [0, 0.1) is 19.8 Å². The Kier molecular flexibility index (Phi) is 3.65. The van der Waals surface area contributed by atoms with E-state index in [1.807, 2.05) is 0 Å². The van der Waals surface area contributed by atoms with Gasteiger partial charge in [-0.2, -0.15) is 0 Å². The molecule has 1 aromatic rings. The molecule has 0 aliphatic heterocycles. The molecule has 1 unspecified atom stereocenters. The first-order chi connectivity index (χ1) is 7.69. The number of hydrogen-bond acceptors (Lipinski definition) is 1.